The van der Waals surface area contributed by atoms with Gasteiger partial charge in [0.1, 0.15) is 5.82 Å². The molecule has 0 spiro atoms. The van der Waals surface area contributed by atoms with Crippen molar-refractivity contribution in [1.82, 2.24) is 0 Å². The van der Waals surface area contributed by atoms with Crippen molar-refractivity contribution < 1.29 is 19.4 Å². The second-order valence-corrected chi connectivity index (χ2v) is 6.89. The number of esters is 1. The summed E-state index contributed by atoms with van der Waals surface area (Å²) in [5.74, 6) is -2.72. The summed E-state index contributed by atoms with van der Waals surface area (Å²) in [5, 5.41) is 13.0. The van der Waals surface area contributed by atoms with Crippen LogP contribution >= 0.6 is 11.6 Å². The van der Waals surface area contributed by atoms with E-state index in [1.165, 1.54) is 11.8 Å². The van der Waals surface area contributed by atoms with E-state index >= 15 is 0 Å². The van der Waals surface area contributed by atoms with E-state index in [4.69, 9.17) is 22.1 Å². The average Bonchev–Trinajstić information content (AvgIpc) is 2.69. The number of halogens is 1. The van der Waals surface area contributed by atoms with Gasteiger partial charge >= 0.3 is 5.97 Å². The normalized spacial score (nSPS) is 18.7. The van der Waals surface area contributed by atoms with E-state index in [9.17, 15) is 14.7 Å². The highest BCUT2D eigenvalue weighted by Crippen LogP contribution is 2.41. The largest absolute Gasteiger partial charge is 0.875 e. The quantitative estimate of drug-likeness (QED) is 0.474. The second kappa shape index (κ2) is 8.41. The minimum atomic E-state index is -0.948. The summed E-state index contributed by atoms with van der Waals surface area (Å²) in [6.45, 7) is 3.09. The number of rotatable bonds is 4. The fourth-order valence-corrected chi connectivity index (χ4v) is 3.50. The van der Waals surface area contributed by atoms with Crippen molar-refractivity contribution in [3.05, 3.63) is 87.9 Å². The number of nitrogens with zero attached hydrogens (tertiary/aromatic N) is 1. The molecule has 150 valence electrons. The maximum Gasteiger partial charge on any atom is 0.338 e. The maximum atomic E-state index is 13.3. The number of hydrogen-bond donors (Lipinski definition) is 1. The zero-order valence-corrected chi connectivity index (χ0v) is 16.8. The summed E-state index contributed by atoms with van der Waals surface area (Å²) in [5.41, 5.74) is 7.31. The molecule has 1 amide bonds. The Morgan fingerprint density at radius 2 is 1.79 bits per heavy atom. The molecule has 1 atom stereocenters. The van der Waals surface area contributed by atoms with E-state index in [0.717, 1.165) is 0 Å². The lowest BCUT2D eigenvalue weighted by molar-refractivity contribution is -0.303. The van der Waals surface area contributed by atoms with Crippen molar-refractivity contribution in [1.29, 1.82) is 0 Å². The molecule has 1 heterocycles. The third-order valence-corrected chi connectivity index (χ3v) is 4.87. The lowest BCUT2D eigenvalue weighted by Gasteiger charge is -2.37. The van der Waals surface area contributed by atoms with E-state index in [2.05, 4.69) is 0 Å². The highest BCUT2D eigenvalue weighted by atomic mass is 35.5. The minimum Gasteiger partial charge on any atom is -0.875 e. The zero-order valence-electron chi connectivity index (χ0n) is 16.0. The van der Waals surface area contributed by atoms with Crippen molar-refractivity contribution >= 4 is 29.2 Å². The smallest absolute Gasteiger partial charge is 0.338 e. The van der Waals surface area contributed by atoms with Gasteiger partial charge in [-0.05, 0) is 36.8 Å². The lowest BCUT2D eigenvalue weighted by atomic mass is 9.80. The molecule has 7 heteroatoms. The Morgan fingerprint density at radius 3 is 2.34 bits per heavy atom. The van der Waals surface area contributed by atoms with Gasteiger partial charge in [-0.15, -0.1) is 5.76 Å². The minimum absolute atomic E-state index is 0.0443. The van der Waals surface area contributed by atoms with Crippen LogP contribution in [0, 0.1) is 0 Å². The van der Waals surface area contributed by atoms with Crippen molar-refractivity contribution in [3.8, 4) is 0 Å². The molecule has 6 nitrogen and oxygen atoms in total. The van der Waals surface area contributed by atoms with Crippen LogP contribution < -0.4 is 15.7 Å². The van der Waals surface area contributed by atoms with Crippen LogP contribution in [-0.2, 0) is 14.3 Å². The summed E-state index contributed by atoms with van der Waals surface area (Å²) >= 11 is 5.98. The van der Waals surface area contributed by atoms with E-state index in [-0.39, 0.29) is 23.6 Å². The first-order valence-electron chi connectivity index (χ1n) is 9.06. The van der Waals surface area contributed by atoms with Crippen LogP contribution in [0.5, 0.6) is 0 Å². The van der Waals surface area contributed by atoms with Gasteiger partial charge in [0.15, 0.2) is 0 Å². The van der Waals surface area contributed by atoms with Crippen LogP contribution in [0.25, 0.3) is 0 Å². The van der Waals surface area contributed by atoms with Gasteiger partial charge in [0.05, 0.1) is 17.9 Å². The zero-order chi connectivity index (χ0) is 21.1. The first-order valence-corrected chi connectivity index (χ1v) is 9.44. The third kappa shape index (κ3) is 3.84. The fraction of sp³-hybridized carbons (Fsp3) is 0.182. The van der Waals surface area contributed by atoms with E-state index in [1.54, 1.807) is 61.5 Å². The van der Waals surface area contributed by atoms with Gasteiger partial charge in [-0.3, -0.25) is 9.69 Å². The number of allylic oxidation sites excluding steroid dienone is 1. The monoisotopic (exact) mass is 411 g/mol. The van der Waals surface area contributed by atoms with Crippen LogP contribution in [0.3, 0.4) is 0 Å². The van der Waals surface area contributed by atoms with Crippen molar-refractivity contribution in [2.24, 2.45) is 5.73 Å². The Bertz CT molecular complexity index is 993. The second-order valence-electron chi connectivity index (χ2n) is 6.45. The number of carbonyl (C=O) groups is 2. The van der Waals surface area contributed by atoms with Gasteiger partial charge in [0.25, 0.3) is 5.91 Å². The van der Waals surface area contributed by atoms with Gasteiger partial charge < -0.3 is 15.6 Å². The standard InChI is InChI=1S/C22H21ClN2O4/c1-3-29-22(28)19-18(14-9-11-15(23)12-10-14)17(13(2)26)21(27)25(20(19)24)16-7-5-4-6-8-16/h4-12,18,26H,3,24H2,1-2H3/p-1/b17-13+. The van der Waals surface area contributed by atoms with Gasteiger partial charge in [0, 0.05) is 16.5 Å². The van der Waals surface area contributed by atoms with Crippen LogP contribution in [0.4, 0.5) is 5.69 Å². The summed E-state index contributed by atoms with van der Waals surface area (Å²) < 4.78 is 5.21. The molecule has 0 saturated heterocycles. The topological polar surface area (TPSA) is 95.7 Å². The highest BCUT2D eigenvalue weighted by molar-refractivity contribution is 6.30. The van der Waals surface area contributed by atoms with Crippen LogP contribution in [0.2, 0.25) is 5.02 Å². The molecule has 2 aromatic carbocycles. The lowest BCUT2D eigenvalue weighted by Crippen LogP contribution is -2.45. The van der Waals surface area contributed by atoms with E-state index in [0.29, 0.717) is 16.3 Å². The maximum absolute atomic E-state index is 13.3. The Hall–Kier alpha value is -3.25. The molecule has 0 aromatic heterocycles. The number of para-hydroxylation sites is 1. The number of ether oxygens (including phenoxy) is 1. The first-order chi connectivity index (χ1) is 13.9. The molecule has 0 bridgehead atoms. The Balaban J connectivity index is 2.31. The molecule has 2 aromatic rings. The molecule has 0 aliphatic carbocycles. The number of carbonyl (C=O) groups excluding carboxylic acids is 2. The predicted octanol–water partition coefficient (Wildman–Crippen LogP) is 2.84. The molecule has 0 radical (unpaired) electrons. The van der Waals surface area contributed by atoms with Crippen LogP contribution in [0.1, 0.15) is 25.3 Å². The van der Waals surface area contributed by atoms with Crippen molar-refractivity contribution in [2.45, 2.75) is 19.8 Å². The van der Waals surface area contributed by atoms with Crippen molar-refractivity contribution in [2.75, 3.05) is 11.5 Å². The summed E-state index contributed by atoms with van der Waals surface area (Å²) in [6, 6.07) is 15.2. The van der Waals surface area contributed by atoms with E-state index in [1.807, 2.05) is 0 Å². The average molecular weight is 412 g/mol. The highest BCUT2D eigenvalue weighted by Gasteiger charge is 2.42. The molecule has 0 saturated carbocycles. The van der Waals surface area contributed by atoms with Gasteiger partial charge in [-0.25, -0.2) is 4.79 Å². The number of anilines is 1. The Morgan fingerprint density at radius 1 is 1.17 bits per heavy atom. The first kappa shape index (κ1) is 20.5. The molecule has 2 N–H and O–H groups in total. The molecular weight excluding hydrogens is 392 g/mol. The van der Waals surface area contributed by atoms with Crippen molar-refractivity contribution in [3.63, 3.8) is 0 Å². The van der Waals surface area contributed by atoms with E-state index < -0.39 is 23.6 Å². The Labute approximate surface area is 173 Å². The molecule has 1 aliphatic rings. The molecule has 1 aliphatic heterocycles. The molecule has 1 unspecified atom stereocenters. The van der Waals surface area contributed by atoms with Gasteiger partial charge in [-0.1, -0.05) is 48.9 Å². The number of benzene rings is 2. The number of amides is 1. The van der Waals surface area contributed by atoms with Gasteiger partial charge in [-0.2, -0.15) is 0 Å². The fourth-order valence-electron chi connectivity index (χ4n) is 3.37. The third-order valence-electron chi connectivity index (χ3n) is 4.62. The SMILES string of the molecule is CCOC(=O)C1=C(N)N(c2ccccc2)C(=O)/C(=C(\C)[O-])C1c1ccc(Cl)cc1. The molecule has 3 rings (SSSR count). The van der Waals surface area contributed by atoms with Gasteiger partial charge in [0.2, 0.25) is 0 Å². The molecular formula is C22H20ClN2O4-. The van der Waals surface area contributed by atoms with Crippen LogP contribution in [0.15, 0.2) is 77.3 Å². The Kier molecular flexibility index (Phi) is 5.94. The summed E-state index contributed by atoms with van der Waals surface area (Å²) in [7, 11) is 0. The molecule has 29 heavy (non-hydrogen) atoms. The van der Waals surface area contributed by atoms with Crippen LogP contribution in [-0.4, -0.2) is 18.5 Å². The number of nitrogens with two attached hydrogens (primary N) is 1. The summed E-state index contributed by atoms with van der Waals surface area (Å²) in [6.07, 6.45) is 0. The number of hydrogen-bond acceptors (Lipinski definition) is 5. The summed E-state index contributed by atoms with van der Waals surface area (Å²) in [4.78, 5) is 27.4. The molecule has 0 fully saturated rings. The predicted molar refractivity (Wildman–Crippen MR) is 109 cm³/mol.